The summed E-state index contributed by atoms with van der Waals surface area (Å²) in [5.74, 6) is 0.164. The van der Waals surface area contributed by atoms with Gasteiger partial charge in [-0.15, -0.1) is 0 Å². The van der Waals surface area contributed by atoms with Crippen LogP contribution in [0.1, 0.15) is 24.2 Å². The molecule has 0 N–H and O–H groups in total. The summed E-state index contributed by atoms with van der Waals surface area (Å²) in [6.07, 6.45) is 2.73. The number of benzene rings is 2. The molecule has 0 bridgehead atoms. The molecule has 1 fully saturated rings. The molecule has 0 atom stereocenters. The molecule has 1 saturated carbocycles. The molecule has 34 heavy (non-hydrogen) atoms. The van der Waals surface area contributed by atoms with E-state index in [0.717, 1.165) is 15.9 Å². The summed E-state index contributed by atoms with van der Waals surface area (Å²) >= 11 is 5.85. The second kappa shape index (κ2) is 9.96. The fourth-order valence-corrected chi connectivity index (χ4v) is 5.40. The van der Waals surface area contributed by atoms with E-state index in [0.29, 0.717) is 18.6 Å². The summed E-state index contributed by atoms with van der Waals surface area (Å²) in [4.78, 5) is 25.1. The van der Waals surface area contributed by atoms with Crippen molar-refractivity contribution in [1.82, 2.24) is 9.21 Å². The van der Waals surface area contributed by atoms with Crippen LogP contribution >= 0.6 is 11.6 Å². The molecule has 11 heteroatoms. The maximum atomic E-state index is 13.4. The van der Waals surface area contributed by atoms with Crippen molar-refractivity contribution in [1.29, 1.82) is 0 Å². The second-order valence-corrected chi connectivity index (χ2v) is 10.3. The lowest BCUT2D eigenvalue weighted by atomic mass is 10.2. The highest BCUT2D eigenvalue weighted by molar-refractivity contribution is 7.89. The lowest BCUT2D eigenvalue weighted by Crippen LogP contribution is -2.43. The van der Waals surface area contributed by atoms with Crippen LogP contribution in [0.4, 0.5) is 5.69 Å². The van der Waals surface area contributed by atoms with Gasteiger partial charge in [-0.05, 0) is 42.7 Å². The number of amides is 1. The Morgan fingerprint density at radius 3 is 2.44 bits per heavy atom. The van der Waals surface area contributed by atoms with Crippen molar-refractivity contribution in [3.63, 3.8) is 0 Å². The summed E-state index contributed by atoms with van der Waals surface area (Å²) in [6, 6.07) is 15.8. The number of hydrogen-bond donors (Lipinski definition) is 0. The third kappa shape index (κ3) is 5.46. The third-order valence-electron chi connectivity index (χ3n) is 5.46. The standard InChI is InChI=1S/C23H22ClN3O6S/c24-21-11-10-20(13-22(21)27(29)30)34(31,32)26(18-8-9-18)16-23(28)25(15-19-7-4-12-33-19)14-17-5-2-1-3-6-17/h1-7,10-13,18H,8-9,14-16H2. The van der Waals surface area contributed by atoms with Gasteiger partial charge in [-0.2, -0.15) is 4.31 Å². The SMILES string of the molecule is O=C(CN(C1CC1)S(=O)(=O)c1ccc(Cl)c([N+](=O)[O-])c1)N(Cc1ccccc1)Cc1ccco1. The fourth-order valence-electron chi connectivity index (χ4n) is 3.56. The molecule has 1 aromatic heterocycles. The number of carbonyl (C=O) groups is 1. The van der Waals surface area contributed by atoms with Crippen LogP contribution < -0.4 is 0 Å². The Hall–Kier alpha value is -3.21. The van der Waals surface area contributed by atoms with Gasteiger partial charge >= 0.3 is 0 Å². The first kappa shape index (κ1) is 23.9. The summed E-state index contributed by atoms with van der Waals surface area (Å²) in [6.45, 7) is 0.0496. The lowest BCUT2D eigenvalue weighted by molar-refractivity contribution is -0.384. The number of halogens is 1. The summed E-state index contributed by atoms with van der Waals surface area (Å²) < 4.78 is 33.3. The van der Waals surface area contributed by atoms with Gasteiger partial charge in [-0.25, -0.2) is 8.42 Å². The van der Waals surface area contributed by atoms with Gasteiger partial charge in [-0.1, -0.05) is 41.9 Å². The van der Waals surface area contributed by atoms with E-state index in [1.54, 1.807) is 12.1 Å². The number of furan rings is 1. The van der Waals surface area contributed by atoms with Gasteiger partial charge in [0, 0.05) is 18.7 Å². The molecule has 0 unspecified atom stereocenters. The average molecular weight is 504 g/mol. The highest BCUT2D eigenvalue weighted by Crippen LogP contribution is 2.34. The van der Waals surface area contributed by atoms with E-state index in [4.69, 9.17) is 16.0 Å². The van der Waals surface area contributed by atoms with Gasteiger partial charge in [0.2, 0.25) is 15.9 Å². The maximum Gasteiger partial charge on any atom is 0.289 e. The minimum absolute atomic E-state index is 0.162. The van der Waals surface area contributed by atoms with Crippen LogP contribution in [0.2, 0.25) is 5.02 Å². The van der Waals surface area contributed by atoms with Gasteiger partial charge in [0.05, 0.1) is 29.2 Å². The van der Waals surface area contributed by atoms with Gasteiger partial charge in [-0.3, -0.25) is 14.9 Å². The van der Waals surface area contributed by atoms with Gasteiger partial charge in [0.25, 0.3) is 5.69 Å². The Labute approximate surface area is 201 Å². The van der Waals surface area contributed by atoms with Crippen molar-refractivity contribution in [3.05, 3.63) is 93.4 Å². The number of nitro benzene ring substituents is 1. The number of nitro groups is 1. The van der Waals surface area contributed by atoms with Crippen LogP contribution in [0.25, 0.3) is 0 Å². The number of sulfonamides is 1. The first-order valence-corrected chi connectivity index (χ1v) is 12.4. The van der Waals surface area contributed by atoms with Crippen molar-refractivity contribution >= 4 is 33.2 Å². The topological polar surface area (TPSA) is 114 Å². The number of carbonyl (C=O) groups excluding carboxylic acids is 1. The zero-order valence-electron chi connectivity index (χ0n) is 18.0. The van der Waals surface area contributed by atoms with Crippen molar-refractivity contribution in [2.75, 3.05) is 6.54 Å². The van der Waals surface area contributed by atoms with E-state index in [-0.39, 0.29) is 29.0 Å². The zero-order valence-corrected chi connectivity index (χ0v) is 19.6. The molecule has 1 heterocycles. The highest BCUT2D eigenvalue weighted by Gasteiger charge is 2.40. The van der Waals surface area contributed by atoms with Crippen molar-refractivity contribution in [3.8, 4) is 0 Å². The molecule has 9 nitrogen and oxygen atoms in total. The van der Waals surface area contributed by atoms with E-state index in [2.05, 4.69) is 0 Å². The lowest BCUT2D eigenvalue weighted by Gasteiger charge is -2.27. The molecule has 0 aliphatic heterocycles. The minimum Gasteiger partial charge on any atom is -0.467 e. The van der Waals surface area contributed by atoms with E-state index in [1.807, 2.05) is 30.3 Å². The van der Waals surface area contributed by atoms with Crippen LogP contribution in [0, 0.1) is 10.1 Å². The predicted molar refractivity (Wildman–Crippen MR) is 124 cm³/mol. The van der Waals surface area contributed by atoms with Crippen LogP contribution in [0.3, 0.4) is 0 Å². The molecular formula is C23H22ClN3O6S. The summed E-state index contributed by atoms with van der Waals surface area (Å²) in [5.41, 5.74) is 0.380. The minimum atomic E-state index is -4.17. The molecule has 178 valence electrons. The Morgan fingerprint density at radius 1 is 1.09 bits per heavy atom. The third-order valence-corrected chi connectivity index (χ3v) is 7.68. The molecule has 1 amide bonds. The Bertz CT molecular complexity index is 1280. The normalized spacial score (nSPS) is 13.7. The maximum absolute atomic E-state index is 13.4. The molecule has 0 radical (unpaired) electrons. The van der Waals surface area contributed by atoms with Crippen molar-refractivity contribution in [2.45, 2.75) is 36.9 Å². The average Bonchev–Trinajstić information content (AvgIpc) is 3.52. The molecule has 1 aliphatic carbocycles. The molecule has 2 aromatic carbocycles. The highest BCUT2D eigenvalue weighted by atomic mass is 35.5. The smallest absolute Gasteiger partial charge is 0.289 e. The summed E-state index contributed by atoms with van der Waals surface area (Å²) in [7, 11) is -4.17. The van der Waals surface area contributed by atoms with Crippen LogP contribution in [0.15, 0.2) is 76.2 Å². The first-order chi connectivity index (χ1) is 16.3. The van der Waals surface area contributed by atoms with Crippen LogP contribution in [0.5, 0.6) is 0 Å². The second-order valence-electron chi connectivity index (χ2n) is 7.97. The quantitative estimate of drug-likeness (QED) is 0.302. The molecule has 3 aromatic rings. The van der Waals surface area contributed by atoms with Crippen molar-refractivity contribution < 1.29 is 22.6 Å². The monoisotopic (exact) mass is 503 g/mol. The Balaban J connectivity index is 1.60. The number of nitrogens with zero attached hydrogens (tertiary/aromatic N) is 3. The molecular weight excluding hydrogens is 482 g/mol. The molecule has 0 spiro atoms. The summed E-state index contributed by atoms with van der Waals surface area (Å²) in [5, 5.41) is 11.1. The van der Waals surface area contributed by atoms with Gasteiger partial charge in [0.15, 0.2) is 0 Å². The first-order valence-electron chi connectivity index (χ1n) is 10.6. The number of rotatable bonds is 10. The van der Waals surface area contributed by atoms with Crippen LogP contribution in [-0.2, 0) is 27.9 Å². The largest absolute Gasteiger partial charge is 0.467 e. The molecule has 0 saturated heterocycles. The zero-order chi connectivity index (χ0) is 24.3. The van der Waals surface area contributed by atoms with E-state index >= 15 is 0 Å². The Kier molecular flexibility index (Phi) is 7.01. The molecule has 4 rings (SSSR count). The van der Waals surface area contributed by atoms with Crippen molar-refractivity contribution in [2.24, 2.45) is 0 Å². The van der Waals surface area contributed by atoms with Gasteiger partial charge < -0.3 is 9.32 Å². The Morgan fingerprint density at radius 2 is 1.82 bits per heavy atom. The van der Waals surface area contributed by atoms with E-state index < -0.39 is 33.1 Å². The van der Waals surface area contributed by atoms with E-state index in [1.165, 1.54) is 23.3 Å². The fraction of sp³-hybridized carbons (Fsp3) is 0.261. The molecule has 1 aliphatic rings. The van der Waals surface area contributed by atoms with Gasteiger partial charge in [0.1, 0.15) is 10.8 Å². The van der Waals surface area contributed by atoms with E-state index in [9.17, 15) is 23.3 Å². The predicted octanol–water partition coefficient (Wildman–Crippen LogP) is 4.22. The number of hydrogen-bond acceptors (Lipinski definition) is 6. The van der Waals surface area contributed by atoms with Crippen LogP contribution in [-0.4, -0.2) is 41.0 Å².